The molecule has 21 heavy (non-hydrogen) atoms. The van der Waals surface area contributed by atoms with Crippen molar-refractivity contribution in [1.82, 2.24) is 4.90 Å². The van der Waals surface area contributed by atoms with Gasteiger partial charge in [0.2, 0.25) is 0 Å². The molecule has 0 N–H and O–H groups in total. The molecule has 0 aliphatic carbocycles. The average Bonchev–Trinajstić information content (AvgIpc) is 2.88. The highest BCUT2D eigenvalue weighted by molar-refractivity contribution is 5.75. The molecule has 1 aromatic rings. The topological polar surface area (TPSA) is 48.0 Å². The number of esters is 1. The van der Waals surface area contributed by atoms with Crippen LogP contribution in [-0.4, -0.2) is 51.8 Å². The molecule has 1 aliphatic heterocycles. The van der Waals surface area contributed by atoms with Gasteiger partial charge in [-0.25, -0.2) is 0 Å². The Labute approximate surface area is 125 Å². The number of rotatable bonds is 5. The minimum absolute atomic E-state index is 0.0786. The van der Waals surface area contributed by atoms with Crippen molar-refractivity contribution in [2.24, 2.45) is 5.92 Å². The molecular weight excluding hydrogens is 270 g/mol. The molecule has 0 saturated carbocycles. The average molecular weight is 293 g/mol. The van der Waals surface area contributed by atoms with E-state index in [-0.39, 0.29) is 17.8 Å². The van der Waals surface area contributed by atoms with Crippen LogP contribution in [0.25, 0.3) is 0 Å². The van der Waals surface area contributed by atoms with E-state index in [9.17, 15) is 4.79 Å². The van der Waals surface area contributed by atoms with E-state index in [1.165, 1.54) is 0 Å². The van der Waals surface area contributed by atoms with E-state index in [0.717, 1.165) is 23.6 Å². The first-order valence-corrected chi connectivity index (χ1v) is 7.17. The summed E-state index contributed by atoms with van der Waals surface area (Å²) in [6.07, 6.45) is 0. The van der Waals surface area contributed by atoms with Crippen LogP contribution in [0.2, 0.25) is 0 Å². The number of carbonyl (C=O) groups excluding carboxylic acids is 1. The van der Waals surface area contributed by atoms with Crippen molar-refractivity contribution in [3.63, 3.8) is 0 Å². The molecule has 5 nitrogen and oxygen atoms in total. The number of likely N-dealkylation sites (tertiary alicyclic amines) is 1. The third-order valence-electron chi connectivity index (χ3n) is 3.93. The number of nitrogens with zero attached hydrogens (tertiary/aromatic N) is 1. The summed E-state index contributed by atoms with van der Waals surface area (Å²) in [6, 6.07) is 5.74. The Bertz CT molecular complexity index is 503. The molecule has 0 aromatic heterocycles. The second-order valence-corrected chi connectivity index (χ2v) is 5.29. The fourth-order valence-electron chi connectivity index (χ4n) is 2.93. The maximum atomic E-state index is 12.2. The van der Waals surface area contributed by atoms with Crippen LogP contribution in [0.5, 0.6) is 11.5 Å². The number of methoxy groups -OCH3 is 2. The molecule has 0 amide bonds. The highest BCUT2D eigenvalue weighted by Crippen LogP contribution is 2.39. The third-order valence-corrected chi connectivity index (χ3v) is 3.93. The largest absolute Gasteiger partial charge is 0.497 e. The second-order valence-electron chi connectivity index (χ2n) is 5.29. The lowest BCUT2D eigenvalue weighted by Crippen LogP contribution is -2.24. The molecule has 0 radical (unpaired) electrons. The summed E-state index contributed by atoms with van der Waals surface area (Å²) in [6.45, 7) is 3.76. The zero-order valence-corrected chi connectivity index (χ0v) is 13.1. The van der Waals surface area contributed by atoms with Gasteiger partial charge >= 0.3 is 5.97 Å². The van der Waals surface area contributed by atoms with Crippen molar-refractivity contribution >= 4 is 5.97 Å². The minimum atomic E-state index is -0.155. The number of likely N-dealkylation sites (N-methyl/N-ethyl adjacent to an activating group) is 1. The van der Waals surface area contributed by atoms with E-state index >= 15 is 0 Å². The van der Waals surface area contributed by atoms with Gasteiger partial charge in [0.25, 0.3) is 0 Å². The van der Waals surface area contributed by atoms with Gasteiger partial charge in [-0.3, -0.25) is 4.79 Å². The summed E-state index contributed by atoms with van der Waals surface area (Å²) in [4.78, 5) is 14.3. The highest BCUT2D eigenvalue weighted by Gasteiger charge is 2.39. The molecule has 1 aliphatic rings. The van der Waals surface area contributed by atoms with E-state index in [2.05, 4.69) is 4.90 Å². The molecule has 5 heteroatoms. The van der Waals surface area contributed by atoms with Crippen molar-refractivity contribution in [2.45, 2.75) is 12.8 Å². The molecule has 0 spiro atoms. The summed E-state index contributed by atoms with van der Waals surface area (Å²) in [7, 11) is 5.28. The monoisotopic (exact) mass is 293 g/mol. The van der Waals surface area contributed by atoms with Gasteiger partial charge in [-0.15, -0.1) is 0 Å². The highest BCUT2D eigenvalue weighted by atomic mass is 16.5. The summed E-state index contributed by atoms with van der Waals surface area (Å²) in [5.41, 5.74) is 1.03. The van der Waals surface area contributed by atoms with E-state index < -0.39 is 0 Å². The summed E-state index contributed by atoms with van der Waals surface area (Å²) < 4.78 is 15.9. The fourth-order valence-corrected chi connectivity index (χ4v) is 2.93. The van der Waals surface area contributed by atoms with Crippen molar-refractivity contribution in [3.05, 3.63) is 23.8 Å². The van der Waals surface area contributed by atoms with Crippen molar-refractivity contribution < 1.29 is 19.0 Å². The van der Waals surface area contributed by atoms with Gasteiger partial charge in [-0.1, -0.05) is 6.07 Å². The SMILES string of the molecule is CCOC(=O)C1CN(C)CC1c1ccc(OC)cc1OC. The number of benzene rings is 1. The quantitative estimate of drug-likeness (QED) is 0.776. The van der Waals surface area contributed by atoms with Gasteiger partial charge in [0.1, 0.15) is 11.5 Å². The van der Waals surface area contributed by atoms with Gasteiger partial charge in [0, 0.05) is 25.1 Å². The zero-order valence-electron chi connectivity index (χ0n) is 13.1. The van der Waals surface area contributed by atoms with Gasteiger partial charge in [-0.2, -0.15) is 0 Å². The molecule has 1 heterocycles. The summed E-state index contributed by atoms with van der Waals surface area (Å²) >= 11 is 0. The van der Waals surface area contributed by atoms with Crippen molar-refractivity contribution in [3.8, 4) is 11.5 Å². The number of hydrogen-bond donors (Lipinski definition) is 0. The molecule has 2 unspecified atom stereocenters. The van der Waals surface area contributed by atoms with E-state index in [1.807, 2.05) is 32.2 Å². The number of carbonyl (C=O) groups is 1. The third kappa shape index (κ3) is 3.29. The maximum Gasteiger partial charge on any atom is 0.310 e. The lowest BCUT2D eigenvalue weighted by Gasteiger charge is -2.20. The van der Waals surface area contributed by atoms with E-state index in [1.54, 1.807) is 14.2 Å². The zero-order chi connectivity index (χ0) is 15.4. The van der Waals surface area contributed by atoms with E-state index in [4.69, 9.17) is 14.2 Å². The smallest absolute Gasteiger partial charge is 0.310 e. The number of hydrogen-bond acceptors (Lipinski definition) is 5. The molecular formula is C16H23NO4. The van der Waals surface area contributed by atoms with Gasteiger partial charge in [0.05, 0.1) is 26.7 Å². The van der Waals surface area contributed by atoms with Gasteiger partial charge < -0.3 is 19.1 Å². The summed E-state index contributed by atoms with van der Waals surface area (Å²) in [5, 5.41) is 0. The fraction of sp³-hybridized carbons (Fsp3) is 0.562. The Morgan fingerprint density at radius 3 is 2.67 bits per heavy atom. The van der Waals surface area contributed by atoms with Crippen LogP contribution in [0.3, 0.4) is 0 Å². The van der Waals surface area contributed by atoms with E-state index in [0.29, 0.717) is 13.2 Å². The van der Waals surface area contributed by atoms with Crippen LogP contribution >= 0.6 is 0 Å². The van der Waals surface area contributed by atoms with Crippen LogP contribution in [0, 0.1) is 5.92 Å². The Balaban J connectivity index is 2.32. The molecule has 1 saturated heterocycles. The Morgan fingerprint density at radius 1 is 1.29 bits per heavy atom. The van der Waals surface area contributed by atoms with Crippen LogP contribution in [0.1, 0.15) is 18.4 Å². The molecule has 1 aromatic carbocycles. The Kier molecular flexibility index (Phi) is 5.07. The lowest BCUT2D eigenvalue weighted by molar-refractivity contribution is -0.147. The standard InChI is InChI=1S/C16H23NO4/c1-5-21-16(18)14-10-17(2)9-13(14)12-7-6-11(19-3)8-15(12)20-4/h6-8,13-14H,5,9-10H2,1-4H3. The first-order chi connectivity index (χ1) is 10.1. The predicted octanol–water partition coefficient (Wildman–Crippen LogP) is 1.91. The molecule has 2 rings (SSSR count). The van der Waals surface area contributed by atoms with Crippen LogP contribution in [0.15, 0.2) is 18.2 Å². The molecule has 1 fully saturated rings. The van der Waals surface area contributed by atoms with Crippen molar-refractivity contribution in [2.75, 3.05) is 41.0 Å². The number of ether oxygens (including phenoxy) is 3. The predicted molar refractivity (Wildman–Crippen MR) is 79.9 cm³/mol. The Hall–Kier alpha value is -1.75. The normalized spacial score (nSPS) is 22.1. The minimum Gasteiger partial charge on any atom is -0.497 e. The second kappa shape index (κ2) is 6.80. The van der Waals surface area contributed by atoms with Gasteiger partial charge in [-0.05, 0) is 25.6 Å². The molecule has 116 valence electrons. The summed E-state index contributed by atoms with van der Waals surface area (Å²) in [5.74, 6) is 1.29. The lowest BCUT2D eigenvalue weighted by atomic mass is 9.88. The van der Waals surface area contributed by atoms with Gasteiger partial charge in [0.15, 0.2) is 0 Å². The first kappa shape index (κ1) is 15.6. The first-order valence-electron chi connectivity index (χ1n) is 7.17. The Morgan fingerprint density at radius 2 is 2.05 bits per heavy atom. The van der Waals surface area contributed by atoms with Crippen LogP contribution in [0.4, 0.5) is 0 Å². The maximum absolute atomic E-state index is 12.2. The van der Waals surface area contributed by atoms with Crippen LogP contribution < -0.4 is 9.47 Å². The van der Waals surface area contributed by atoms with Crippen molar-refractivity contribution in [1.29, 1.82) is 0 Å². The molecule has 0 bridgehead atoms. The molecule has 2 atom stereocenters. The van der Waals surface area contributed by atoms with Crippen LogP contribution in [-0.2, 0) is 9.53 Å².